The molecule has 2 aromatic carbocycles. The average molecular weight is 325 g/mol. The van der Waals surface area contributed by atoms with Crippen LogP contribution < -0.4 is 5.32 Å². The van der Waals surface area contributed by atoms with E-state index in [0.717, 1.165) is 16.0 Å². The first-order valence-corrected chi connectivity index (χ1v) is 7.06. The largest absolute Gasteiger partial charge is 0.306 e. The number of halogens is 2. The fraction of sp³-hybridized carbons (Fsp3) is 0.200. The van der Waals surface area contributed by atoms with Crippen LogP contribution in [-0.2, 0) is 6.54 Å². The quantitative estimate of drug-likeness (QED) is 0.838. The van der Waals surface area contributed by atoms with Crippen LogP contribution in [0.1, 0.15) is 24.1 Å². The van der Waals surface area contributed by atoms with Gasteiger partial charge >= 0.3 is 0 Å². The molecular formula is C15H15BrClN. The summed E-state index contributed by atoms with van der Waals surface area (Å²) in [5, 5.41) is 4.25. The predicted molar refractivity (Wildman–Crippen MR) is 80.8 cm³/mol. The highest BCUT2D eigenvalue weighted by molar-refractivity contribution is 9.10. The Balaban J connectivity index is 1.99. The van der Waals surface area contributed by atoms with Gasteiger partial charge in [0, 0.05) is 22.1 Å². The van der Waals surface area contributed by atoms with E-state index in [0.29, 0.717) is 6.04 Å². The maximum atomic E-state index is 5.93. The molecule has 94 valence electrons. The van der Waals surface area contributed by atoms with Gasteiger partial charge in [-0.3, -0.25) is 0 Å². The second kappa shape index (κ2) is 6.37. The Labute approximate surface area is 121 Å². The zero-order chi connectivity index (χ0) is 13.0. The lowest BCUT2D eigenvalue weighted by molar-refractivity contribution is 0.574. The third-order valence-electron chi connectivity index (χ3n) is 2.91. The van der Waals surface area contributed by atoms with Gasteiger partial charge in [-0.15, -0.1) is 0 Å². The SMILES string of the molecule is C[C@@H](NCc1ccc(Cl)cc1Br)c1ccccc1. The van der Waals surface area contributed by atoms with Crippen molar-refractivity contribution in [2.75, 3.05) is 0 Å². The lowest BCUT2D eigenvalue weighted by Gasteiger charge is -2.15. The highest BCUT2D eigenvalue weighted by Gasteiger charge is 2.06. The van der Waals surface area contributed by atoms with Gasteiger partial charge in [0.05, 0.1) is 0 Å². The Morgan fingerprint density at radius 2 is 1.89 bits per heavy atom. The van der Waals surface area contributed by atoms with Crippen LogP contribution in [0.3, 0.4) is 0 Å². The summed E-state index contributed by atoms with van der Waals surface area (Å²) in [5.41, 5.74) is 2.50. The molecule has 1 atom stereocenters. The second-order valence-corrected chi connectivity index (χ2v) is 5.54. The number of rotatable bonds is 4. The van der Waals surface area contributed by atoms with Crippen molar-refractivity contribution in [2.45, 2.75) is 19.5 Å². The van der Waals surface area contributed by atoms with Crippen LogP contribution in [0.15, 0.2) is 53.0 Å². The summed E-state index contributed by atoms with van der Waals surface area (Å²) in [6, 6.07) is 16.6. The Kier molecular flexibility index (Phi) is 4.81. The molecule has 0 heterocycles. The Bertz CT molecular complexity index is 513. The van der Waals surface area contributed by atoms with E-state index in [4.69, 9.17) is 11.6 Å². The minimum atomic E-state index is 0.328. The van der Waals surface area contributed by atoms with Crippen molar-refractivity contribution in [3.05, 3.63) is 69.2 Å². The fourth-order valence-corrected chi connectivity index (χ4v) is 2.61. The van der Waals surface area contributed by atoms with Crippen molar-refractivity contribution in [2.24, 2.45) is 0 Å². The normalized spacial score (nSPS) is 12.4. The van der Waals surface area contributed by atoms with E-state index in [9.17, 15) is 0 Å². The number of hydrogen-bond acceptors (Lipinski definition) is 1. The van der Waals surface area contributed by atoms with Crippen LogP contribution in [0.25, 0.3) is 0 Å². The van der Waals surface area contributed by atoms with Gasteiger partial charge in [-0.2, -0.15) is 0 Å². The predicted octanol–water partition coefficient (Wildman–Crippen LogP) is 4.95. The zero-order valence-corrected chi connectivity index (χ0v) is 12.5. The molecule has 0 aromatic heterocycles. The fourth-order valence-electron chi connectivity index (χ4n) is 1.79. The second-order valence-electron chi connectivity index (χ2n) is 4.25. The number of nitrogens with one attached hydrogen (secondary N) is 1. The lowest BCUT2D eigenvalue weighted by Crippen LogP contribution is -2.18. The molecule has 0 fully saturated rings. The molecule has 0 unspecified atom stereocenters. The summed E-state index contributed by atoms with van der Waals surface area (Å²) >= 11 is 9.45. The maximum absolute atomic E-state index is 5.93. The van der Waals surface area contributed by atoms with Crippen LogP contribution >= 0.6 is 27.5 Å². The van der Waals surface area contributed by atoms with Crippen molar-refractivity contribution in [3.63, 3.8) is 0 Å². The third-order valence-corrected chi connectivity index (χ3v) is 3.89. The molecular weight excluding hydrogens is 310 g/mol. The topological polar surface area (TPSA) is 12.0 Å². The van der Waals surface area contributed by atoms with E-state index in [1.165, 1.54) is 11.1 Å². The molecule has 18 heavy (non-hydrogen) atoms. The first-order chi connectivity index (χ1) is 8.66. The molecule has 0 spiro atoms. The van der Waals surface area contributed by atoms with Crippen molar-refractivity contribution in [1.29, 1.82) is 0 Å². The molecule has 0 radical (unpaired) electrons. The van der Waals surface area contributed by atoms with Crippen LogP contribution in [0.5, 0.6) is 0 Å². The average Bonchev–Trinajstić information content (AvgIpc) is 2.38. The minimum absolute atomic E-state index is 0.328. The van der Waals surface area contributed by atoms with Gasteiger partial charge in [0.25, 0.3) is 0 Å². The van der Waals surface area contributed by atoms with E-state index < -0.39 is 0 Å². The van der Waals surface area contributed by atoms with Crippen molar-refractivity contribution >= 4 is 27.5 Å². The maximum Gasteiger partial charge on any atom is 0.0417 e. The van der Waals surface area contributed by atoms with E-state index in [1.807, 2.05) is 24.3 Å². The van der Waals surface area contributed by atoms with Gasteiger partial charge in [-0.05, 0) is 30.2 Å². The van der Waals surface area contributed by atoms with Crippen molar-refractivity contribution in [1.82, 2.24) is 5.32 Å². The molecule has 0 aliphatic carbocycles. The molecule has 0 bridgehead atoms. The molecule has 2 rings (SSSR count). The van der Waals surface area contributed by atoms with Crippen molar-refractivity contribution in [3.8, 4) is 0 Å². The van der Waals surface area contributed by atoms with E-state index in [1.54, 1.807) is 0 Å². The highest BCUT2D eigenvalue weighted by Crippen LogP contribution is 2.22. The van der Waals surface area contributed by atoms with Crippen molar-refractivity contribution < 1.29 is 0 Å². The summed E-state index contributed by atoms with van der Waals surface area (Å²) < 4.78 is 1.04. The Hall–Kier alpha value is -0.830. The molecule has 3 heteroatoms. The highest BCUT2D eigenvalue weighted by atomic mass is 79.9. The van der Waals surface area contributed by atoms with Crippen LogP contribution in [0.4, 0.5) is 0 Å². The summed E-state index contributed by atoms with van der Waals surface area (Å²) in [7, 11) is 0. The third kappa shape index (κ3) is 3.58. The van der Waals surface area contributed by atoms with Crippen LogP contribution in [-0.4, -0.2) is 0 Å². The first kappa shape index (κ1) is 13.6. The molecule has 2 aromatic rings. The summed E-state index contributed by atoms with van der Waals surface area (Å²) in [6.45, 7) is 2.98. The molecule has 1 nitrogen and oxygen atoms in total. The monoisotopic (exact) mass is 323 g/mol. The van der Waals surface area contributed by atoms with Crippen LogP contribution in [0, 0.1) is 0 Å². The Morgan fingerprint density at radius 3 is 2.56 bits per heavy atom. The van der Waals surface area contributed by atoms with Gasteiger partial charge in [0.15, 0.2) is 0 Å². The van der Waals surface area contributed by atoms with E-state index in [2.05, 4.69) is 52.4 Å². The number of benzene rings is 2. The summed E-state index contributed by atoms with van der Waals surface area (Å²) in [5.74, 6) is 0. The smallest absolute Gasteiger partial charge is 0.0417 e. The van der Waals surface area contributed by atoms with E-state index in [-0.39, 0.29) is 0 Å². The lowest BCUT2D eigenvalue weighted by atomic mass is 10.1. The number of hydrogen-bond donors (Lipinski definition) is 1. The van der Waals surface area contributed by atoms with Gasteiger partial charge in [0.2, 0.25) is 0 Å². The van der Waals surface area contributed by atoms with Gasteiger partial charge < -0.3 is 5.32 Å². The summed E-state index contributed by atoms with van der Waals surface area (Å²) in [6.07, 6.45) is 0. The minimum Gasteiger partial charge on any atom is -0.306 e. The molecule has 0 amide bonds. The molecule has 0 saturated carbocycles. The van der Waals surface area contributed by atoms with Gasteiger partial charge in [-0.25, -0.2) is 0 Å². The standard InChI is InChI=1S/C15H15BrClN/c1-11(12-5-3-2-4-6-12)18-10-13-7-8-14(17)9-15(13)16/h2-9,11,18H,10H2,1H3/t11-/m1/s1. The van der Waals surface area contributed by atoms with Gasteiger partial charge in [0.1, 0.15) is 0 Å². The zero-order valence-electron chi connectivity index (χ0n) is 10.2. The molecule has 0 aliphatic rings. The molecule has 0 aliphatic heterocycles. The first-order valence-electron chi connectivity index (χ1n) is 5.89. The van der Waals surface area contributed by atoms with Crippen LogP contribution in [0.2, 0.25) is 5.02 Å². The molecule has 0 saturated heterocycles. The molecule has 1 N–H and O–H groups in total. The van der Waals surface area contributed by atoms with Gasteiger partial charge in [-0.1, -0.05) is 63.9 Å². The Morgan fingerprint density at radius 1 is 1.17 bits per heavy atom. The van der Waals surface area contributed by atoms with E-state index >= 15 is 0 Å². The summed E-state index contributed by atoms with van der Waals surface area (Å²) in [4.78, 5) is 0.